The summed E-state index contributed by atoms with van der Waals surface area (Å²) in [5, 5.41) is 0.873. The second kappa shape index (κ2) is 7.85. The first-order valence-electron chi connectivity index (χ1n) is 11.1. The zero-order valence-corrected chi connectivity index (χ0v) is 19.1. The number of esters is 1. The Balaban J connectivity index is 1.57. The molecule has 3 unspecified atom stereocenters. The van der Waals surface area contributed by atoms with Crippen molar-refractivity contribution < 1.29 is 18.7 Å². The number of fused-ring (bicyclic) bond motifs is 2. The molecule has 31 heavy (non-hydrogen) atoms. The van der Waals surface area contributed by atoms with Gasteiger partial charge in [0.2, 0.25) is 0 Å². The van der Waals surface area contributed by atoms with Crippen molar-refractivity contribution >= 4 is 16.9 Å². The van der Waals surface area contributed by atoms with Crippen LogP contribution in [0.5, 0.6) is 5.75 Å². The molecule has 0 radical (unpaired) electrons. The highest BCUT2D eigenvalue weighted by molar-refractivity contribution is 5.77. The Morgan fingerprint density at radius 2 is 1.94 bits per heavy atom. The SMILES string of the molecule is CC(=O)O[C@@H]1CCC2(C)C(COc3ccc4ccc(=O)oc4c3)C(C)=CCC2C1(C)C. The fourth-order valence-electron chi connectivity index (χ4n) is 6.06. The minimum atomic E-state index is -0.363. The van der Waals surface area contributed by atoms with Gasteiger partial charge in [0, 0.05) is 35.8 Å². The van der Waals surface area contributed by atoms with Crippen LogP contribution in [0, 0.1) is 22.7 Å². The third-order valence-electron chi connectivity index (χ3n) is 7.81. The van der Waals surface area contributed by atoms with E-state index in [2.05, 4.69) is 33.8 Å². The molecule has 4 atom stereocenters. The van der Waals surface area contributed by atoms with Crippen LogP contribution in [0.25, 0.3) is 11.0 Å². The van der Waals surface area contributed by atoms with Crippen LogP contribution in [0.3, 0.4) is 0 Å². The van der Waals surface area contributed by atoms with Crippen molar-refractivity contribution in [3.05, 3.63) is 52.4 Å². The van der Waals surface area contributed by atoms with Crippen molar-refractivity contribution in [3.8, 4) is 5.75 Å². The van der Waals surface area contributed by atoms with E-state index in [1.165, 1.54) is 18.6 Å². The predicted octanol–water partition coefficient (Wildman–Crippen LogP) is 5.51. The number of hydrogen-bond donors (Lipinski definition) is 0. The Morgan fingerprint density at radius 1 is 1.19 bits per heavy atom. The van der Waals surface area contributed by atoms with E-state index in [4.69, 9.17) is 13.9 Å². The number of rotatable bonds is 4. The van der Waals surface area contributed by atoms with Crippen molar-refractivity contribution in [1.29, 1.82) is 0 Å². The van der Waals surface area contributed by atoms with Gasteiger partial charge < -0.3 is 13.9 Å². The maximum Gasteiger partial charge on any atom is 0.336 e. The van der Waals surface area contributed by atoms with Gasteiger partial charge in [-0.3, -0.25) is 4.79 Å². The number of carbonyl (C=O) groups excluding carboxylic acids is 1. The quantitative estimate of drug-likeness (QED) is 0.368. The number of allylic oxidation sites excluding steroid dienone is 1. The van der Waals surface area contributed by atoms with Crippen molar-refractivity contribution in [1.82, 2.24) is 0 Å². The zero-order chi connectivity index (χ0) is 22.4. The molecule has 5 heteroatoms. The second-order valence-corrected chi connectivity index (χ2v) is 10.0. The van der Waals surface area contributed by atoms with E-state index in [-0.39, 0.29) is 34.4 Å². The highest BCUT2D eigenvalue weighted by Gasteiger charge is 2.56. The number of ether oxygens (including phenoxy) is 2. The molecule has 0 amide bonds. The summed E-state index contributed by atoms with van der Waals surface area (Å²) in [6.45, 7) is 11.1. The first-order chi connectivity index (χ1) is 14.6. The lowest BCUT2D eigenvalue weighted by Crippen LogP contribution is -2.55. The van der Waals surface area contributed by atoms with Crippen LogP contribution in [0.2, 0.25) is 0 Å². The Labute approximate surface area is 183 Å². The van der Waals surface area contributed by atoms with Gasteiger partial charge in [0.05, 0.1) is 6.61 Å². The van der Waals surface area contributed by atoms with Gasteiger partial charge in [-0.05, 0) is 55.7 Å². The van der Waals surface area contributed by atoms with Gasteiger partial charge in [-0.2, -0.15) is 0 Å². The predicted molar refractivity (Wildman–Crippen MR) is 120 cm³/mol. The Bertz CT molecular complexity index is 1080. The largest absolute Gasteiger partial charge is 0.493 e. The molecule has 1 heterocycles. The minimum Gasteiger partial charge on any atom is -0.493 e. The van der Waals surface area contributed by atoms with E-state index in [1.54, 1.807) is 12.1 Å². The van der Waals surface area contributed by atoms with Crippen molar-refractivity contribution in [3.63, 3.8) is 0 Å². The Hall–Kier alpha value is -2.56. The van der Waals surface area contributed by atoms with Gasteiger partial charge in [-0.25, -0.2) is 4.79 Å². The average Bonchev–Trinajstić information content (AvgIpc) is 2.69. The summed E-state index contributed by atoms with van der Waals surface area (Å²) >= 11 is 0. The van der Waals surface area contributed by atoms with Gasteiger partial charge in [0.1, 0.15) is 17.4 Å². The zero-order valence-electron chi connectivity index (χ0n) is 19.1. The molecule has 2 aliphatic carbocycles. The normalized spacial score (nSPS) is 29.7. The van der Waals surface area contributed by atoms with E-state index in [0.717, 1.165) is 24.6 Å². The van der Waals surface area contributed by atoms with E-state index >= 15 is 0 Å². The molecule has 1 fully saturated rings. The summed E-state index contributed by atoms with van der Waals surface area (Å²) in [5.41, 5.74) is 1.47. The molecular formula is C26H32O5. The molecule has 4 rings (SSSR count). The summed E-state index contributed by atoms with van der Waals surface area (Å²) < 4.78 is 17.3. The summed E-state index contributed by atoms with van der Waals surface area (Å²) in [6.07, 6.45) is 5.12. The number of benzene rings is 1. The molecule has 1 saturated carbocycles. The lowest BCUT2D eigenvalue weighted by Gasteiger charge is -2.58. The van der Waals surface area contributed by atoms with Gasteiger partial charge in [0.25, 0.3) is 0 Å². The third kappa shape index (κ3) is 3.90. The molecule has 1 aromatic heterocycles. The molecule has 5 nitrogen and oxygen atoms in total. The van der Waals surface area contributed by atoms with Crippen molar-refractivity contribution in [2.75, 3.05) is 6.61 Å². The molecule has 0 spiro atoms. The first-order valence-corrected chi connectivity index (χ1v) is 11.1. The molecule has 2 aromatic rings. The van der Waals surface area contributed by atoms with Crippen LogP contribution in [-0.4, -0.2) is 18.7 Å². The fraction of sp³-hybridized carbons (Fsp3) is 0.538. The van der Waals surface area contributed by atoms with Crippen LogP contribution in [0.4, 0.5) is 0 Å². The molecule has 2 aliphatic rings. The van der Waals surface area contributed by atoms with Gasteiger partial charge in [0.15, 0.2) is 0 Å². The summed E-state index contributed by atoms with van der Waals surface area (Å²) in [7, 11) is 0. The van der Waals surface area contributed by atoms with Crippen molar-refractivity contribution in [2.24, 2.45) is 22.7 Å². The number of hydrogen-bond acceptors (Lipinski definition) is 5. The molecule has 0 N–H and O–H groups in total. The minimum absolute atomic E-state index is 0.0557. The lowest BCUT2D eigenvalue weighted by atomic mass is 9.48. The van der Waals surface area contributed by atoms with Crippen LogP contribution in [0.15, 0.2) is 51.2 Å². The van der Waals surface area contributed by atoms with E-state index < -0.39 is 0 Å². The van der Waals surface area contributed by atoms with Crippen molar-refractivity contribution in [2.45, 2.75) is 60.0 Å². The van der Waals surface area contributed by atoms with Crippen LogP contribution < -0.4 is 10.4 Å². The first kappa shape index (κ1) is 21.7. The second-order valence-electron chi connectivity index (χ2n) is 10.0. The molecular weight excluding hydrogens is 392 g/mol. The lowest BCUT2D eigenvalue weighted by molar-refractivity contribution is -0.172. The Kier molecular flexibility index (Phi) is 5.48. The van der Waals surface area contributed by atoms with Gasteiger partial charge in [-0.15, -0.1) is 0 Å². The fourth-order valence-corrected chi connectivity index (χ4v) is 6.06. The molecule has 166 valence electrons. The highest BCUT2D eigenvalue weighted by Crippen LogP contribution is 2.60. The highest BCUT2D eigenvalue weighted by atomic mass is 16.5. The summed E-state index contributed by atoms with van der Waals surface area (Å²) in [6, 6.07) is 8.81. The van der Waals surface area contributed by atoms with E-state index in [9.17, 15) is 9.59 Å². The summed E-state index contributed by atoms with van der Waals surface area (Å²) in [5.74, 6) is 1.16. The number of carbonyl (C=O) groups is 1. The summed E-state index contributed by atoms with van der Waals surface area (Å²) in [4.78, 5) is 23.2. The van der Waals surface area contributed by atoms with Crippen LogP contribution in [0.1, 0.15) is 53.9 Å². The standard InChI is InChI=1S/C26H32O5/c1-16-6-10-22-25(3,4)23(30-17(2)27)12-13-26(22,5)20(16)15-29-19-9-7-18-8-11-24(28)31-21(18)14-19/h6-9,11,14,20,22-23H,10,12-13,15H2,1-5H3/t20?,22?,23-,26?/m1/s1. The van der Waals surface area contributed by atoms with E-state index in [1.807, 2.05) is 12.1 Å². The monoisotopic (exact) mass is 424 g/mol. The maximum absolute atomic E-state index is 11.6. The third-order valence-corrected chi connectivity index (χ3v) is 7.81. The topological polar surface area (TPSA) is 65.7 Å². The smallest absolute Gasteiger partial charge is 0.336 e. The molecule has 0 bridgehead atoms. The molecule has 0 saturated heterocycles. The van der Waals surface area contributed by atoms with Crippen LogP contribution in [-0.2, 0) is 9.53 Å². The molecule has 1 aromatic carbocycles. The van der Waals surface area contributed by atoms with E-state index in [0.29, 0.717) is 23.9 Å². The maximum atomic E-state index is 11.6. The molecule has 0 aliphatic heterocycles. The van der Waals surface area contributed by atoms with Gasteiger partial charge in [-0.1, -0.05) is 32.4 Å². The Morgan fingerprint density at radius 3 is 2.68 bits per heavy atom. The van der Waals surface area contributed by atoms with Crippen LogP contribution >= 0.6 is 0 Å². The van der Waals surface area contributed by atoms with Gasteiger partial charge >= 0.3 is 11.6 Å². The average molecular weight is 425 g/mol.